The molecule has 10 heteroatoms. The van der Waals surface area contributed by atoms with Crippen LogP contribution in [0.4, 0.5) is 5.69 Å². The van der Waals surface area contributed by atoms with Gasteiger partial charge in [-0.05, 0) is 67.4 Å². The van der Waals surface area contributed by atoms with Crippen LogP contribution < -0.4 is 9.62 Å². The summed E-state index contributed by atoms with van der Waals surface area (Å²) < 4.78 is 28.4. The first kappa shape index (κ1) is 28.5. The van der Waals surface area contributed by atoms with E-state index in [0.29, 0.717) is 28.7 Å². The Morgan fingerprint density at radius 1 is 0.865 bits per heavy atom. The standard InChI is InChI=1S/C27H29Cl2N3O4S/c1-3-25(27(34)30-4-2)31(18-20-10-12-21(28)13-11-20)26(33)19-32(23-8-6-5-7-9-23)37(35,36)24-16-14-22(29)15-17-24/h5-17,25H,3-4,18-19H2,1-2H3,(H,30,34)/t25-/m1/s1. The maximum absolute atomic E-state index is 13.8. The predicted molar refractivity (Wildman–Crippen MR) is 147 cm³/mol. The highest BCUT2D eigenvalue weighted by Gasteiger charge is 2.33. The van der Waals surface area contributed by atoms with Crippen molar-refractivity contribution in [1.29, 1.82) is 0 Å². The first-order valence-electron chi connectivity index (χ1n) is 11.8. The summed E-state index contributed by atoms with van der Waals surface area (Å²) in [5.74, 6) is -0.825. The number of nitrogens with one attached hydrogen (secondary N) is 1. The molecule has 1 atom stereocenters. The lowest BCUT2D eigenvalue weighted by Gasteiger charge is -2.33. The molecule has 1 N–H and O–H groups in total. The third-order valence-corrected chi connectivity index (χ3v) is 8.02. The minimum absolute atomic E-state index is 0.00595. The zero-order chi connectivity index (χ0) is 27.0. The van der Waals surface area contributed by atoms with Crippen molar-refractivity contribution in [3.63, 3.8) is 0 Å². The van der Waals surface area contributed by atoms with E-state index >= 15 is 0 Å². The molecule has 37 heavy (non-hydrogen) atoms. The van der Waals surface area contributed by atoms with Gasteiger partial charge in [0.2, 0.25) is 11.8 Å². The molecule has 0 aromatic heterocycles. The summed E-state index contributed by atoms with van der Waals surface area (Å²) in [5, 5.41) is 3.71. The van der Waals surface area contributed by atoms with Crippen LogP contribution in [0.15, 0.2) is 83.8 Å². The maximum atomic E-state index is 13.8. The zero-order valence-corrected chi connectivity index (χ0v) is 22.9. The molecule has 7 nitrogen and oxygen atoms in total. The van der Waals surface area contributed by atoms with E-state index in [0.717, 1.165) is 9.87 Å². The van der Waals surface area contributed by atoms with Gasteiger partial charge in [0.15, 0.2) is 0 Å². The number of amides is 2. The maximum Gasteiger partial charge on any atom is 0.264 e. The molecule has 0 aliphatic heterocycles. The Hall–Kier alpha value is -3.07. The van der Waals surface area contributed by atoms with Crippen LogP contribution in [0.1, 0.15) is 25.8 Å². The Labute approximate surface area is 228 Å². The molecule has 0 radical (unpaired) electrons. The summed E-state index contributed by atoms with van der Waals surface area (Å²) in [6.45, 7) is 3.61. The smallest absolute Gasteiger partial charge is 0.264 e. The molecular weight excluding hydrogens is 533 g/mol. The van der Waals surface area contributed by atoms with Gasteiger partial charge in [0.1, 0.15) is 12.6 Å². The minimum Gasteiger partial charge on any atom is -0.355 e. The van der Waals surface area contributed by atoms with Crippen molar-refractivity contribution >= 4 is 50.7 Å². The lowest BCUT2D eigenvalue weighted by molar-refractivity contribution is -0.140. The van der Waals surface area contributed by atoms with Gasteiger partial charge in [-0.3, -0.25) is 13.9 Å². The highest BCUT2D eigenvalue weighted by atomic mass is 35.5. The van der Waals surface area contributed by atoms with E-state index in [4.69, 9.17) is 23.2 Å². The van der Waals surface area contributed by atoms with Crippen LogP contribution in [-0.2, 0) is 26.2 Å². The van der Waals surface area contributed by atoms with Crippen LogP contribution >= 0.6 is 23.2 Å². The van der Waals surface area contributed by atoms with E-state index in [9.17, 15) is 18.0 Å². The Balaban J connectivity index is 2.02. The summed E-state index contributed by atoms with van der Waals surface area (Å²) in [6, 6.07) is 20.3. The van der Waals surface area contributed by atoms with E-state index in [-0.39, 0.29) is 17.3 Å². The number of hydrogen-bond acceptors (Lipinski definition) is 4. The molecule has 2 amide bonds. The predicted octanol–water partition coefficient (Wildman–Crippen LogP) is 5.13. The van der Waals surface area contributed by atoms with Crippen LogP contribution in [-0.4, -0.2) is 44.3 Å². The van der Waals surface area contributed by atoms with Gasteiger partial charge in [-0.2, -0.15) is 0 Å². The molecule has 0 saturated heterocycles. The number of rotatable bonds is 11. The number of para-hydroxylation sites is 1. The molecule has 0 aliphatic carbocycles. The van der Waals surface area contributed by atoms with E-state index in [2.05, 4.69) is 5.32 Å². The van der Waals surface area contributed by atoms with Crippen molar-refractivity contribution in [1.82, 2.24) is 10.2 Å². The van der Waals surface area contributed by atoms with E-state index < -0.39 is 28.5 Å². The summed E-state index contributed by atoms with van der Waals surface area (Å²) in [5.41, 5.74) is 1.08. The number of likely N-dealkylation sites (N-methyl/N-ethyl adjacent to an activating group) is 1. The largest absolute Gasteiger partial charge is 0.355 e. The summed E-state index contributed by atoms with van der Waals surface area (Å²) in [4.78, 5) is 28.1. The fourth-order valence-electron chi connectivity index (χ4n) is 3.85. The molecular formula is C27H29Cl2N3O4S. The van der Waals surface area contributed by atoms with Gasteiger partial charge in [0, 0.05) is 23.1 Å². The number of hydrogen-bond donors (Lipinski definition) is 1. The van der Waals surface area contributed by atoms with Crippen molar-refractivity contribution in [3.05, 3.63) is 94.5 Å². The quantitative estimate of drug-likeness (QED) is 0.351. The number of nitrogens with zero attached hydrogens (tertiary/aromatic N) is 2. The lowest BCUT2D eigenvalue weighted by atomic mass is 10.1. The second-order valence-corrected chi connectivity index (χ2v) is 11.0. The molecule has 3 rings (SSSR count). The number of carbonyl (C=O) groups is 2. The summed E-state index contributed by atoms with van der Waals surface area (Å²) in [7, 11) is -4.13. The molecule has 0 saturated carbocycles. The molecule has 3 aromatic carbocycles. The van der Waals surface area contributed by atoms with Crippen LogP contribution in [0.25, 0.3) is 0 Å². The second kappa shape index (κ2) is 12.9. The summed E-state index contributed by atoms with van der Waals surface area (Å²) in [6.07, 6.45) is 0.348. The van der Waals surface area contributed by atoms with Gasteiger partial charge in [-0.25, -0.2) is 8.42 Å². The molecule has 3 aromatic rings. The monoisotopic (exact) mass is 561 g/mol. The molecule has 0 fully saturated rings. The molecule has 0 unspecified atom stereocenters. The lowest BCUT2D eigenvalue weighted by Crippen LogP contribution is -2.52. The fourth-order valence-corrected chi connectivity index (χ4v) is 5.52. The number of benzene rings is 3. The van der Waals surface area contributed by atoms with Crippen molar-refractivity contribution in [2.45, 2.75) is 37.8 Å². The van der Waals surface area contributed by atoms with Crippen LogP contribution in [0, 0.1) is 0 Å². The Morgan fingerprint density at radius 3 is 1.97 bits per heavy atom. The SMILES string of the molecule is CCNC(=O)[C@@H](CC)N(Cc1ccc(Cl)cc1)C(=O)CN(c1ccccc1)S(=O)(=O)c1ccc(Cl)cc1. The van der Waals surface area contributed by atoms with Crippen molar-refractivity contribution < 1.29 is 18.0 Å². The number of halogens is 2. The Bertz CT molecular complexity index is 1300. The third kappa shape index (κ3) is 7.25. The van der Waals surface area contributed by atoms with Gasteiger partial charge >= 0.3 is 0 Å². The van der Waals surface area contributed by atoms with Crippen LogP contribution in [0.2, 0.25) is 10.0 Å². The van der Waals surface area contributed by atoms with Crippen molar-refractivity contribution in [2.24, 2.45) is 0 Å². The molecule has 0 spiro atoms. The van der Waals surface area contributed by atoms with E-state index in [1.165, 1.54) is 29.2 Å². The number of carbonyl (C=O) groups excluding carboxylic acids is 2. The molecule has 0 heterocycles. The topological polar surface area (TPSA) is 86.8 Å². The first-order valence-corrected chi connectivity index (χ1v) is 14.0. The molecule has 196 valence electrons. The average Bonchev–Trinajstić information content (AvgIpc) is 2.89. The van der Waals surface area contributed by atoms with E-state index in [1.807, 2.05) is 6.92 Å². The van der Waals surface area contributed by atoms with Gasteiger partial charge in [0.25, 0.3) is 10.0 Å². The normalized spacial score (nSPS) is 12.0. The first-order chi connectivity index (χ1) is 17.7. The van der Waals surface area contributed by atoms with Crippen LogP contribution in [0.5, 0.6) is 0 Å². The Kier molecular flexibility index (Phi) is 9.97. The van der Waals surface area contributed by atoms with Gasteiger partial charge in [-0.1, -0.05) is 60.5 Å². The molecule has 0 bridgehead atoms. The second-order valence-electron chi connectivity index (χ2n) is 8.27. The Morgan fingerprint density at radius 2 is 1.43 bits per heavy atom. The average molecular weight is 563 g/mol. The van der Waals surface area contributed by atoms with Gasteiger partial charge in [-0.15, -0.1) is 0 Å². The highest BCUT2D eigenvalue weighted by Crippen LogP contribution is 2.25. The number of sulfonamides is 1. The summed E-state index contributed by atoms with van der Waals surface area (Å²) >= 11 is 12.0. The fraction of sp³-hybridized carbons (Fsp3) is 0.259. The molecule has 0 aliphatic rings. The van der Waals surface area contributed by atoms with Crippen LogP contribution in [0.3, 0.4) is 0 Å². The van der Waals surface area contributed by atoms with E-state index in [1.54, 1.807) is 61.5 Å². The highest BCUT2D eigenvalue weighted by molar-refractivity contribution is 7.92. The van der Waals surface area contributed by atoms with Gasteiger partial charge in [0.05, 0.1) is 10.6 Å². The zero-order valence-electron chi connectivity index (χ0n) is 20.6. The van der Waals surface area contributed by atoms with Gasteiger partial charge < -0.3 is 10.2 Å². The minimum atomic E-state index is -4.13. The number of anilines is 1. The van der Waals surface area contributed by atoms with Crippen molar-refractivity contribution in [2.75, 3.05) is 17.4 Å². The third-order valence-electron chi connectivity index (χ3n) is 5.73. The van der Waals surface area contributed by atoms with Crippen molar-refractivity contribution in [3.8, 4) is 0 Å².